The summed E-state index contributed by atoms with van der Waals surface area (Å²) in [6.07, 6.45) is 5.68. The molecule has 1 aliphatic carbocycles. The zero-order valence-electron chi connectivity index (χ0n) is 15.6. The molecule has 0 spiro atoms. The van der Waals surface area contributed by atoms with E-state index in [0.29, 0.717) is 18.0 Å². The summed E-state index contributed by atoms with van der Waals surface area (Å²) < 4.78 is 0. The maximum absolute atomic E-state index is 12.7. The van der Waals surface area contributed by atoms with E-state index < -0.39 is 0 Å². The first-order valence-electron chi connectivity index (χ1n) is 9.28. The third-order valence-electron chi connectivity index (χ3n) is 4.75. The van der Waals surface area contributed by atoms with Crippen LogP contribution in [0.25, 0.3) is 0 Å². The Kier molecular flexibility index (Phi) is 7.10. The van der Waals surface area contributed by atoms with Gasteiger partial charge >= 0.3 is 0 Å². The minimum atomic E-state index is 0.0536. The summed E-state index contributed by atoms with van der Waals surface area (Å²) >= 11 is 0. The lowest BCUT2D eigenvalue weighted by Gasteiger charge is -2.21. The van der Waals surface area contributed by atoms with Gasteiger partial charge in [-0.15, -0.1) is 0 Å². The van der Waals surface area contributed by atoms with E-state index in [1.807, 2.05) is 43.3 Å². The van der Waals surface area contributed by atoms with Crippen molar-refractivity contribution < 1.29 is 4.79 Å². The van der Waals surface area contributed by atoms with Crippen LogP contribution >= 0.6 is 0 Å². The highest BCUT2D eigenvalue weighted by atomic mass is 16.1. The maximum Gasteiger partial charge on any atom is 0.253 e. The molecule has 1 aliphatic rings. The second kappa shape index (κ2) is 9.07. The number of amides is 1. The zero-order chi connectivity index (χ0) is 17.5. The molecule has 4 heteroatoms. The molecule has 24 heavy (non-hydrogen) atoms. The van der Waals surface area contributed by atoms with Gasteiger partial charge in [-0.05, 0) is 56.7 Å². The molecule has 2 unspecified atom stereocenters. The lowest BCUT2D eigenvalue weighted by molar-refractivity contribution is 0.0933. The molecule has 1 aromatic rings. The monoisotopic (exact) mass is 331 g/mol. The molecular weight excluding hydrogens is 298 g/mol. The number of carbonyl (C=O) groups is 1. The summed E-state index contributed by atoms with van der Waals surface area (Å²) in [5.74, 6) is 0.740. The Morgan fingerprint density at radius 1 is 1.12 bits per heavy atom. The summed E-state index contributed by atoms with van der Waals surface area (Å²) in [6.45, 7) is 5.57. The summed E-state index contributed by atoms with van der Waals surface area (Å²) in [4.78, 5) is 14.7. The second-order valence-corrected chi connectivity index (χ2v) is 7.59. The van der Waals surface area contributed by atoms with Crippen LogP contribution in [-0.2, 0) is 0 Å². The average Bonchev–Trinajstić information content (AvgIpc) is 2.78. The predicted octanol–water partition coefficient (Wildman–Crippen LogP) is 3.43. The highest BCUT2D eigenvalue weighted by molar-refractivity contribution is 5.99. The molecule has 0 aromatic heterocycles. The van der Waals surface area contributed by atoms with Gasteiger partial charge in [0.1, 0.15) is 0 Å². The van der Waals surface area contributed by atoms with E-state index in [9.17, 15) is 4.79 Å². The number of rotatable bonds is 6. The first-order valence-corrected chi connectivity index (χ1v) is 9.28. The highest BCUT2D eigenvalue weighted by Crippen LogP contribution is 2.21. The number of nitrogens with one attached hydrogen (secondary N) is 2. The van der Waals surface area contributed by atoms with E-state index in [1.54, 1.807) is 0 Å². The number of para-hydroxylation sites is 1. The van der Waals surface area contributed by atoms with E-state index >= 15 is 0 Å². The van der Waals surface area contributed by atoms with E-state index in [2.05, 4.69) is 24.5 Å². The molecule has 4 nitrogen and oxygen atoms in total. The van der Waals surface area contributed by atoms with Crippen LogP contribution in [0.3, 0.4) is 0 Å². The van der Waals surface area contributed by atoms with Gasteiger partial charge in [-0.1, -0.05) is 26.0 Å². The Labute approximate surface area is 147 Å². The molecule has 2 atom stereocenters. The minimum Gasteiger partial charge on any atom is -0.377 e. The maximum atomic E-state index is 12.7. The van der Waals surface area contributed by atoms with Crippen LogP contribution < -0.4 is 15.5 Å². The highest BCUT2D eigenvalue weighted by Gasteiger charge is 2.21. The molecule has 2 rings (SSSR count). The van der Waals surface area contributed by atoms with Crippen LogP contribution in [0, 0.1) is 5.92 Å². The van der Waals surface area contributed by atoms with Crippen LogP contribution in [0.4, 0.5) is 5.69 Å². The van der Waals surface area contributed by atoms with Crippen molar-refractivity contribution in [2.75, 3.05) is 25.5 Å². The van der Waals surface area contributed by atoms with Crippen LogP contribution in [-0.4, -0.2) is 38.6 Å². The fourth-order valence-corrected chi connectivity index (χ4v) is 3.37. The van der Waals surface area contributed by atoms with Gasteiger partial charge in [0.05, 0.1) is 5.56 Å². The first kappa shape index (κ1) is 18.8. The Morgan fingerprint density at radius 2 is 1.79 bits per heavy atom. The quantitative estimate of drug-likeness (QED) is 0.785. The van der Waals surface area contributed by atoms with Crippen LogP contribution in [0.15, 0.2) is 24.3 Å². The molecule has 1 fully saturated rings. The van der Waals surface area contributed by atoms with Crippen molar-refractivity contribution in [1.29, 1.82) is 0 Å². The number of hydrogen-bond acceptors (Lipinski definition) is 3. The van der Waals surface area contributed by atoms with Crippen LogP contribution in [0.1, 0.15) is 56.3 Å². The molecule has 2 N–H and O–H groups in total. The van der Waals surface area contributed by atoms with Gasteiger partial charge in [0, 0.05) is 31.9 Å². The third-order valence-corrected chi connectivity index (χ3v) is 4.75. The van der Waals surface area contributed by atoms with Crippen molar-refractivity contribution in [2.24, 2.45) is 5.92 Å². The Hall–Kier alpha value is -1.55. The molecule has 0 saturated heterocycles. The van der Waals surface area contributed by atoms with Crippen molar-refractivity contribution in [2.45, 2.75) is 58.0 Å². The molecule has 0 bridgehead atoms. The van der Waals surface area contributed by atoms with Gasteiger partial charge in [-0.25, -0.2) is 0 Å². The SMILES string of the molecule is CC(C)CNC1CCCC(NC(=O)c2ccccc2N(C)C)CC1. The largest absolute Gasteiger partial charge is 0.377 e. The van der Waals surface area contributed by atoms with Crippen molar-refractivity contribution in [3.05, 3.63) is 29.8 Å². The number of benzene rings is 1. The molecule has 1 aromatic carbocycles. The smallest absolute Gasteiger partial charge is 0.253 e. The zero-order valence-corrected chi connectivity index (χ0v) is 15.6. The van der Waals surface area contributed by atoms with Gasteiger partial charge in [0.15, 0.2) is 0 Å². The van der Waals surface area contributed by atoms with E-state index in [-0.39, 0.29) is 5.91 Å². The lowest BCUT2D eigenvalue weighted by atomic mass is 10.1. The molecule has 0 heterocycles. The molecular formula is C20H33N3O. The van der Waals surface area contributed by atoms with E-state index in [1.165, 1.54) is 12.8 Å². The standard InChI is InChI=1S/C20H33N3O/c1-15(2)14-21-16-8-7-9-17(13-12-16)22-20(24)18-10-5-6-11-19(18)23(3)4/h5-6,10-11,15-17,21H,7-9,12-14H2,1-4H3,(H,22,24). The van der Waals surface area contributed by atoms with Crippen molar-refractivity contribution in [3.8, 4) is 0 Å². The van der Waals surface area contributed by atoms with E-state index in [4.69, 9.17) is 0 Å². The topological polar surface area (TPSA) is 44.4 Å². The Balaban J connectivity index is 1.91. The second-order valence-electron chi connectivity index (χ2n) is 7.59. The average molecular weight is 332 g/mol. The Bertz CT molecular complexity index is 527. The summed E-state index contributed by atoms with van der Waals surface area (Å²) in [5, 5.41) is 6.93. The van der Waals surface area contributed by atoms with Crippen molar-refractivity contribution in [3.63, 3.8) is 0 Å². The van der Waals surface area contributed by atoms with Crippen LogP contribution in [0.5, 0.6) is 0 Å². The molecule has 1 amide bonds. The van der Waals surface area contributed by atoms with Crippen LogP contribution in [0.2, 0.25) is 0 Å². The van der Waals surface area contributed by atoms with Crippen molar-refractivity contribution >= 4 is 11.6 Å². The lowest BCUT2D eigenvalue weighted by Crippen LogP contribution is -2.36. The van der Waals surface area contributed by atoms with E-state index in [0.717, 1.165) is 37.1 Å². The number of carbonyl (C=O) groups excluding carboxylic acids is 1. The third kappa shape index (κ3) is 5.52. The number of nitrogens with zero attached hydrogens (tertiary/aromatic N) is 1. The number of anilines is 1. The summed E-state index contributed by atoms with van der Waals surface area (Å²) in [5.41, 5.74) is 1.74. The van der Waals surface area contributed by atoms with Gasteiger partial charge in [-0.2, -0.15) is 0 Å². The fraction of sp³-hybridized carbons (Fsp3) is 0.650. The van der Waals surface area contributed by atoms with Gasteiger partial charge < -0.3 is 15.5 Å². The molecule has 1 saturated carbocycles. The summed E-state index contributed by atoms with van der Waals surface area (Å²) in [6, 6.07) is 8.70. The van der Waals surface area contributed by atoms with Gasteiger partial charge in [0.25, 0.3) is 5.91 Å². The first-order chi connectivity index (χ1) is 11.5. The molecule has 0 aliphatic heterocycles. The number of hydrogen-bond donors (Lipinski definition) is 2. The normalized spacial score (nSPS) is 21.4. The fourth-order valence-electron chi connectivity index (χ4n) is 3.37. The van der Waals surface area contributed by atoms with Gasteiger partial charge in [0.2, 0.25) is 0 Å². The predicted molar refractivity (Wildman–Crippen MR) is 102 cm³/mol. The Morgan fingerprint density at radius 3 is 2.50 bits per heavy atom. The summed E-state index contributed by atoms with van der Waals surface area (Å²) in [7, 11) is 3.95. The van der Waals surface area contributed by atoms with Crippen molar-refractivity contribution in [1.82, 2.24) is 10.6 Å². The minimum absolute atomic E-state index is 0.0536. The molecule has 134 valence electrons. The van der Waals surface area contributed by atoms with Gasteiger partial charge in [-0.3, -0.25) is 4.79 Å². The molecule has 0 radical (unpaired) electrons.